The fraction of sp³-hybridized carbons (Fsp3) is 0.800. The van der Waals surface area contributed by atoms with Crippen LogP contribution in [0.15, 0.2) is 0 Å². The summed E-state index contributed by atoms with van der Waals surface area (Å²) in [5.41, 5.74) is 1.65. The van der Waals surface area contributed by atoms with Gasteiger partial charge in [-0.05, 0) is 38.1 Å². The van der Waals surface area contributed by atoms with E-state index in [2.05, 4.69) is 19.2 Å². The van der Waals surface area contributed by atoms with Crippen molar-refractivity contribution in [1.82, 2.24) is 10.3 Å². The number of rotatable bonds is 5. The fourth-order valence-electron chi connectivity index (χ4n) is 2.77. The summed E-state index contributed by atoms with van der Waals surface area (Å²) in [6.45, 7) is 6.29. The van der Waals surface area contributed by atoms with Crippen LogP contribution in [0.25, 0.3) is 0 Å². The Hall–Kier alpha value is -0.450. The van der Waals surface area contributed by atoms with Crippen molar-refractivity contribution in [1.29, 1.82) is 0 Å². The highest BCUT2D eigenvalue weighted by Crippen LogP contribution is 2.43. The standard InChI is InChI=1S/C15H26N2OS/c1-15(2)7-5-11(6-8-15)14-17-12(10-18-4)13(19-14)9-16-3/h11,16H,5-10H2,1-4H3. The molecule has 1 aromatic rings. The smallest absolute Gasteiger partial charge is 0.0963 e. The summed E-state index contributed by atoms with van der Waals surface area (Å²) in [4.78, 5) is 6.18. The minimum absolute atomic E-state index is 0.525. The van der Waals surface area contributed by atoms with Gasteiger partial charge in [0, 0.05) is 24.4 Å². The number of aromatic nitrogens is 1. The van der Waals surface area contributed by atoms with Crippen molar-refractivity contribution in [2.75, 3.05) is 14.2 Å². The van der Waals surface area contributed by atoms with Crippen LogP contribution in [-0.4, -0.2) is 19.1 Å². The highest BCUT2D eigenvalue weighted by molar-refractivity contribution is 7.11. The Morgan fingerprint density at radius 3 is 2.63 bits per heavy atom. The molecule has 0 bridgehead atoms. The van der Waals surface area contributed by atoms with Gasteiger partial charge in [-0.2, -0.15) is 0 Å². The summed E-state index contributed by atoms with van der Waals surface area (Å²) < 4.78 is 5.27. The van der Waals surface area contributed by atoms with Crippen LogP contribution >= 0.6 is 11.3 Å². The highest BCUT2D eigenvalue weighted by Gasteiger charge is 2.29. The summed E-state index contributed by atoms with van der Waals surface area (Å²) >= 11 is 1.88. The molecule has 0 amide bonds. The van der Waals surface area contributed by atoms with Crippen molar-refractivity contribution in [3.63, 3.8) is 0 Å². The lowest BCUT2D eigenvalue weighted by Crippen LogP contribution is -2.20. The lowest BCUT2D eigenvalue weighted by molar-refractivity contribution is 0.180. The third-order valence-corrected chi connectivity index (χ3v) is 5.36. The van der Waals surface area contributed by atoms with E-state index in [4.69, 9.17) is 9.72 Å². The van der Waals surface area contributed by atoms with E-state index >= 15 is 0 Å². The van der Waals surface area contributed by atoms with Crippen LogP contribution in [0.4, 0.5) is 0 Å². The van der Waals surface area contributed by atoms with E-state index in [0.29, 0.717) is 17.9 Å². The first-order valence-corrected chi connectivity index (χ1v) is 7.99. The molecule has 1 fully saturated rings. The number of hydrogen-bond acceptors (Lipinski definition) is 4. The Morgan fingerprint density at radius 2 is 2.05 bits per heavy atom. The summed E-state index contributed by atoms with van der Waals surface area (Å²) in [6, 6.07) is 0. The van der Waals surface area contributed by atoms with Gasteiger partial charge in [-0.25, -0.2) is 4.98 Å². The zero-order chi connectivity index (χ0) is 13.9. The zero-order valence-corrected chi connectivity index (χ0v) is 13.4. The molecule has 2 rings (SSSR count). The van der Waals surface area contributed by atoms with E-state index < -0.39 is 0 Å². The van der Waals surface area contributed by atoms with E-state index in [1.807, 2.05) is 18.4 Å². The summed E-state index contributed by atoms with van der Waals surface area (Å²) in [5.74, 6) is 0.666. The third kappa shape index (κ3) is 3.77. The van der Waals surface area contributed by atoms with E-state index in [1.54, 1.807) is 7.11 Å². The molecule has 0 atom stereocenters. The monoisotopic (exact) mass is 282 g/mol. The Labute approximate surface area is 120 Å². The van der Waals surface area contributed by atoms with E-state index in [1.165, 1.54) is 35.6 Å². The van der Waals surface area contributed by atoms with Crippen LogP contribution in [0.2, 0.25) is 0 Å². The second-order valence-electron chi connectivity index (χ2n) is 6.32. The SMILES string of the molecule is CNCc1sc(C2CCC(C)(C)CC2)nc1COC. The minimum atomic E-state index is 0.525. The van der Waals surface area contributed by atoms with Gasteiger partial charge < -0.3 is 10.1 Å². The molecule has 19 heavy (non-hydrogen) atoms. The average molecular weight is 282 g/mol. The van der Waals surface area contributed by atoms with Crippen LogP contribution in [0.5, 0.6) is 0 Å². The molecule has 108 valence electrons. The molecule has 1 saturated carbocycles. The molecule has 1 N–H and O–H groups in total. The maximum absolute atomic E-state index is 5.27. The highest BCUT2D eigenvalue weighted by atomic mass is 32.1. The second-order valence-corrected chi connectivity index (χ2v) is 7.44. The first kappa shape index (κ1) is 14.9. The van der Waals surface area contributed by atoms with Crippen molar-refractivity contribution in [3.05, 3.63) is 15.6 Å². The molecular formula is C15H26N2OS. The summed E-state index contributed by atoms with van der Waals surface area (Å²) in [5, 5.41) is 4.55. The maximum atomic E-state index is 5.27. The van der Waals surface area contributed by atoms with E-state index in [-0.39, 0.29) is 0 Å². The summed E-state index contributed by atoms with van der Waals surface area (Å²) in [6.07, 6.45) is 5.20. The average Bonchev–Trinajstić information content (AvgIpc) is 2.73. The number of ether oxygens (including phenoxy) is 1. The van der Waals surface area contributed by atoms with Crippen molar-refractivity contribution in [3.8, 4) is 0 Å². The molecule has 0 spiro atoms. The molecule has 0 aliphatic heterocycles. The van der Waals surface area contributed by atoms with Gasteiger partial charge in [0.25, 0.3) is 0 Å². The predicted molar refractivity (Wildman–Crippen MR) is 80.6 cm³/mol. The number of hydrogen-bond donors (Lipinski definition) is 1. The quantitative estimate of drug-likeness (QED) is 0.894. The Bertz CT molecular complexity index is 381. The molecule has 1 aliphatic rings. The van der Waals surface area contributed by atoms with Gasteiger partial charge in [-0.15, -0.1) is 11.3 Å². The number of thiazole rings is 1. The molecule has 3 nitrogen and oxygen atoms in total. The van der Waals surface area contributed by atoms with Gasteiger partial charge in [0.2, 0.25) is 0 Å². The normalized spacial score (nSPS) is 19.8. The Morgan fingerprint density at radius 1 is 1.37 bits per heavy atom. The van der Waals surface area contributed by atoms with Gasteiger partial charge in [0.1, 0.15) is 0 Å². The summed E-state index contributed by atoms with van der Waals surface area (Å²) in [7, 11) is 3.73. The molecule has 0 radical (unpaired) electrons. The lowest BCUT2D eigenvalue weighted by atomic mass is 9.73. The first-order valence-electron chi connectivity index (χ1n) is 7.18. The van der Waals surface area contributed by atoms with Gasteiger partial charge in [0.05, 0.1) is 17.3 Å². The fourth-order valence-corrected chi connectivity index (χ4v) is 4.02. The minimum Gasteiger partial charge on any atom is -0.378 e. The van der Waals surface area contributed by atoms with Crippen LogP contribution < -0.4 is 5.32 Å². The van der Waals surface area contributed by atoms with Crippen LogP contribution in [-0.2, 0) is 17.9 Å². The van der Waals surface area contributed by atoms with Crippen molar-refractivity contribution in [2.45, 2.75) is 58.6 Å². The van der Waals surface area contributed by atoms with E-state index in [9.17, 15) is 0 Å². The lowest BCUT2D eigenvalue weighted by Gasteiger charge is -2.33. The van der Waals surface area contributed by atoms with Gasteiger partial charge in [0.15, 0.2) is 0 Å². The van der Waals surface area contributed by atoms with Crippen LogP contribution in [0.1, 0.15) is 61.0 Å². The molecule has 4 heteroatoms. The largest absolute Gasteiger partial charge is 0.378 e. The van der Waals surface area contributed by atoms with Gasteiger partial charge >= 0.3 is 0 Å². The second kappa shape index (κ2) is 6.33. The Balaban J connectivity index is 2.10. The topological polar surface area (TPSA) is 34.2 Å². The van der Waals surface area contributed by atoms with E-state index in [0.717, 1.165) is 12.2 Å². The molecule has 0 aromatic carbocycles. The molecule has 1 aromatic heterocycles. The number of nitrogens with zero attached hydrogens (tertiary/aromatic N) is 1. The first-order chi connectivity index (χ1) is 9.05. The zero-order valence-electron chi connectivity index (χ0n) is 12.6. The van der Waals surface area contributed by atoms with Crippen molar-refractivity contribution >= 4 is 11.3 Å². The molecule has 0 unspecified atom stereocenters. The molecular weight excluding hydrogens is 256 g/mol. The molecule has 1 heterocycles. The Kier molecular flexibility index (Phi) is 4.98. The van der Waals surface area contributed by atoms with Crippen LogP contribution in [0.3, 0.4) is 0 Å². The number of nitrogens with one attached hydrogen (secondary N) is 1. The van der Waals surface area contributed by atoms with Crippen LogP contribution in [0, 0.1) is 5.41 Å². The van der Waals surface area contributed by atoms with Gasteiger partial charge in [-0.1, -0.05) is 13.8 Å². The number of methoxy groups -OCH3 is 1. The third-order valence-electron chi connectivity index (χ3n) is 4.10. The predicted octanol–water partition coefficient (Wildman–Crippen LogP) is 3.69. The van der Waals surface area contributed by atoms with Crippen molar-refractivity contribution < 1.29 is 4.74 Å². The molecule has 0 saturated heterocycles. The van der Waals surface area contributed by atoms with Gasteiger partial charge in [-0.3, -0.25) is 0 Å². The van der Waals surface area contributed by atoms with Crippen molar-refractivity contribution in [2.24, 2.45) is 5.41 Å². The molecule has 1 aliphatic carbocycles. The maximum Gasteiger partial charge on any atom is 0.0963 e.